The average Bonchev–Trinajstić information content (AvgIpc) is 3.70. The number of nitrogens with zero attached hydrogens (tertiary/aromatic N) is 3. The van der Waals surface area contributed by atoms with Gasteiger partial charge in [0.15, 0.2) is 11.6 Å². The Morgan fingerprint density at radius 3 is 2.04 bits per heavy atom. The lowest BCUT2D eigenvalue weighted by molar-refractivity contribution is 0.582. The van der Waals surface area contributed by atoms with Crippen molar-refractivity contribution in [2.24, 2.45) is 0 Å². The first-order chi connectivity index (χ1) is 25.5. The van der Waals surface area contributed by atoms with Crippen LogP contribution < -0.4 is 0 Å². The minimum absolute atomic E-state index is 0.0142. The van der Waals surface area contributed by atoms with E-state index < -0.39 is 0 Å². The quantitative estimate of drug-likeness (QED) is 0.183. The molecule has 2 aromatic heterocycles. The molecule has 0 saturated heterocycles. The lowest BCUT2D eigenvalue weighted by Crippen LogP contribution is -2.20. The third kappa shape index (κ3) is 4.94. The van der Waals surface area contributed by atoms with Gasteiger partial charge in [0.1, 0.15) is 17.0 Å². The summed E-state index contributed by atoms with van der Waals surface area (Å²) in [7, 11) is 0. The van der Waals surface area contributed by atoms with E-state index in [9.17, 15) is 0 Å². The normalized spacial score (nSPS) is 16.0. The third-order valence-electron chi connectivity index (χ3n) is 10.9. The van der Waals surface area contributed by atoms with Crippen LogP contribution in [0.2, 0.25) is 0 Å². The molecule has 0 aliphatic heterocycles. The zero-order valence-electron chi connectivity index (χ0n) is 29.0. The maximum atomic E-state index is 6.47. The molecule has 0 N–H and O–H groups in total. The molecular weight excluding hydrogens is 635 g/mol. The van der Waals surface area contributed by atoms with Crippen LogP contribution in [0.3, 0.4) is 0 Å². The third-order valence-corrected chi connectivity index (χ3v) is 10.9. The Labute approximate surface area is 302 Å². The van der Waals surface area contributed by atoms with E-state index >= 15 is 0 Å². The van der Waals surface area contributed by atoms with Gasteiger partial charge in [0.25, 0.3) is 0 Å². The van der Waals surface area contributed by atoms with Crippen molar-refractivity contribution in [3.63, 3.8) is 0 Å². The van der Waals surface area contributed by atoms with Gasteiger partial charge in [0.05, 0.1) is 0 Å². The van der Waals surface area contributed by atoms with Crippen LogP contribution in [0.25, 0.3) is 72.5 Å². The predicted molar refractivity (Wildman–Crippen MR) is 212 cm³/mol. The number of hydrogen-bond donors (Lipinski definition) is 0. The fraction of sp³-hybridized carbons (Fsp3) is 0.104. The average molecular weight is 670 g/mol. The standard InChI is InChI=1S/C48H35N3O/c1-48(2)40-21-10-9-19-36(40)37-25-23-35(29-41(37)48)46-49-45(31-15-7-4-8-16-31)50-47(51-46)38-20-12-22-43-44(38)39-28-34(24-26-42(39)52-43)33-18-11-17-32(27-33)30-13-5-3-6-14-30/h3-28,35H,29H2,1-2H3. The Bertz CT molecular complexity index is 2740. The van der Waals surface area contributed by atoms with E-state index in [4.69, 9.17) is 19.4 Å². The first-order valence-corrected chi connectivity index (χ1v) is 18.0. The van der Waals surface area contributed by atoms with E-state index in [1.54, 1.807) is 0 Å². The van der Waals surface area contributed by atoms with Crippen molar-refractivity contribution in [2.75, 3.05) is 0 Å². The van der Waals surface area contributed by atoms with E-state index in [0.29, 0.717) is 11.6 Å². The summed E-state index contributed by atoms with van der Waals surface area (Å²) >= 11 is 0. The number of allylic oxidation sites excluding steroid dienone is 4. The molecule has 248 valence electrons. The van der Waals surface area contributed by atoms with Gasteiger partial charge in [-0.2, -0.15) is 0 Å². The predicted octanol–water partition coefficient (Wildman–Crippen LogP) is 12.2. The smallest absolute Gasteiger partial charge is 0.164 e. The minimum Gasteiger partial charge on any atom is -0.456 e. The fourth-order valence-electron chi connectivity index (χ4n) is 8.25. The number of rotatable bonds is 5. The van der Waals surface area contributed by atoms with Gasteiger partial charge in [-0.15, -0.1) is 0 Å². The molecule has 0 fully saturated rings. The number of furan rings is 1. The van der Waals surface area contributed by atoms with Crippen molar-refractivity contribution in [2.45, 2.75) is 31.6 Å². The Morgan fingerprint density at radius 1 is 0.558 bits per heavy atom. The highest BCUT2D eigenvalue weighted by atomic mass is 16.3. The fourth-order valence-corrected chi connectivity index (χ4v) is 8.25. The van der Waals surface area contributed by atoms with Crippen molar-refractivity contribution in [1.82, 2.24) is 15.0 Å². The highest BCUT2D eigenvalue weighted by Crippen LogP contribution is 2.52. The molecule has 4 heteroatoms. The van der Waals surface area contributed by atoms with Crippen LogP contribution in [-0.4, -0.2) is 15.0 Å². The van der Waals surface area contributed by atoms with Crippen LogP contribution in [0.1, 0.15) is 43.1 Å². The summed E-state index contributed by atoms with van der Waals surface area (Å²) in [6.45, 7) is 4.69. The molecule has 0 radical (unpaired) electrons. The molecule has 8 aromatic rings. The molecule has 2 heterocycles. The molecule has 0 spiro atoms. The van der Waals surface area contributed by atoms with Gasteiger partial charge >= 0.3 is 0 Å². The lowest BCUT2D eigenvalue weighted by atomic mass is 9.76. The molecule has 0 bridgehead atoms. The van der Waals surface area contributed by atoms with E-state index in [1.807, 2.05) is 30.3 Å². The molecule has 1 unspecified atom stereocenters. The molecule has 0 saturated carbocycles. The molecular formula is C48H35N3O. The highest BCUT2D eigenvalue weighted by Gasteiger charge is 2.39. The van der Waals surface area contributed by atoms with Gasteiger partial charge in [-0.25, -0.2) is 15.0 Å². The van der Waals surface area contributed by atoms with Gasteiger partial charge in [0.2, 0.25) is 0 Å². The van der Waals surface area contributed by atoms with Gasteiger partial charge < -0.3 is 4.42 Å². The molecule has 1 atom stereocenters. The summed E-state index contributed by atoms with van der Waals surface area (Å²) in [6.07, 6.45) is 5.44. The maximum Gasteiger partial charge on any atom is 0.164 e. The number of aromatic nitrogens is 3. The Hall–Kier alpha value is -6.39. The van der Waals surface area contributed by atoms with Crippen molar-refractivity contribution in [3.8, 4) is 45.0 Å². The van der Waals surface area contributed by atoms with Crippen LogP contribution >= 0.6 is 0 Å². The van der Waals surface area contributed by atoms with E-state index in [-0.39, 0.29) is 11.3 Å². The molecule has 0 amide bonds. The summed E-state index contributed by atoms with van der Waals surface area (Å²) < 4.78 is 6.47. The Balaban J connectivity index is 1.11. The highest BCUT2D eigenvalue weighted by molar-refractivity contribution is 6.12. The van der Waals surface area contributed by atoms with E-state index in [0.717, 1.165) is 56.4 Å². The summed E-state index contributed by atoms with van der Waals surface area (Å²) in [5.41, 5.74) is 13.6. The van der Waals surface area contributed by atoms with Crippen molar-refractivity contribution < 1.29 is 4.42 Å². The second-order valence-corrected chi connectivity index (χ2v) is 14.4. The molecule has 10 rings (SSSR count). The van der Waals surface area contributed by atoms with Gasteiger partial charge in [-0.3, -0.25) is 0 Å². The lowest BCUT2D eigenvalue weighted by Gasteiger charge is -2.28. The van der Waals surface area contributed by atoms with Crippen LogP contribution in [0, 0.1) is 0 Å². The van der Waals surface area contributed by atoms with Gasteiger partial charge in [0, 0.05) is 33.2 Å². The van der Waals surface area contributed by atoms with E-state index in [1.165, 1.54) is 33.4 Å². The first-order valence-electron chi connectivity index (χ1n) is 18.0. The topological polar surface area (TPSA) is 51.8 Å². The molecule has 6 aromatic carbocycles. The van der Waals surface area contributed by atoms with Crippen molar-refractivity contribution in [1.29, 1.82) is 0 Å². The zero-order valence-corrected chi connectivity index (χ0v) is 29.0. The SMILES string of the molecule is CC1(C)C2=C(C=CC(c3nc(-c4ccccc4)nc(-c4cccc5oc6ccc(-c7cccc(-c8ccccc8)c7)cc6c45)n3)C2)c2ccccc21. The van der Waals surface area contributed by atoms with E-state index in [2.05, 4.69) is 141 Å². The molecule has 2 aliphatic carbocycles. The summed E-state index contributed by atoms with van der Waals surface area (Å²) in [5, 5.41) is 2.04. The zero-order chi connectivity index (χ0) is 34.8. The van der Waals surface area contributed by atoms with Crippen molar-refractivity contribution in [3.05, 3.63) is 180 Å². The Morgan fingerprint density at radius 2 is 1.21 bits per heavy atom. The molecule has 2 aliphatic rings. The second kappa shape index (κ2) is 11.9. The summed E-state index contributed by atoms with van der Waals surface area (Å²) in [6, 6.07) is 50.9. The van der Waals surface area contributed by atoms with Gasteiger partial charge in [-0.1, -0.05) is 153 Å². The number of fused-ring (bicyclic) bond motifs is 5. The largest absolute Gasteiger partial charge is 0.456 e. The first kappa shape index (κ1) is 30.4. The van der Waals surface area contributed by atoms with Crippen LogP contribution in [-0.2, 0) is 5.41 Å². The van der Waals surface area contributed by atoms with Crippen LogP contribution in [0.5, 0.6) is 0 Å². The monoisotopic (exact) mass is 669 g/mol. The van der Waals surface area contributed by atoms with Crippen molar-refractivity contribution >= 4 is 27.5 Å². The van der Waals surface area contributed by atoms with Crippen LogP contribution in [0.4, 0.5) is 0 Å². The summed E-state index contributed by atoms with van der Waals surface area (Å²) in [4.78, 5) is 15.6. The minimum atomic E-state index is -0.0628. The van der Waals surface area contributed by atoms with Gasteiger partial charge in [-0.05, 0) is 69.6 Å². The maximum absolute atomic E-state index is 6.47. The second-order valence-electron chi connectivity index (χ2n) is 14.4. The number of benzene rings is 6. The molecule has 52 heavy (non-hydrogen) atoms. The summed E-state index contributed by atoms with van der Waals surface area (Å²) in [5.74, 6) is 2.11. The Kier molecular flexibility index (Phi) is 6.94. The molecule has 4 nitrogen and oxygen atoms in total. The van der Waals surface area contributed by atoms with Crippen LogP contribution in [0.15, 0.2) is 168 Å². The number of hydrogen-bond acceptors (Lipinski definition) is 4.